The number of anilines is 1. The molecular weight excluding hydrogens is 320 g/mol. The third-order valence-corrected chi connectivity index (χ3v) is 4.82. The molecule has 1 aromatic rings. The van der Waals surface area contributed by atoms with E-state index in [1.807, 2.05) is 19.1 Å². The molecule has 1 aromatic carbocycles. The molecule has 1 fully saturated rings. The monoisotopic (exact) mass is 336 g/mol. The molecule has 1 unspecified atom stereocenters. The van der Waals surface area contributed by atoms with Gasteiger partial charge in [-0.15, -0.1) is 11.8 Å². The number of thioether (sulfide) groups is 1. The van der Waals surface area contributed by atoms with E-state index in [1.54, 1.807) is 11.0 Å². The first-order chi connectivity index (χ1) is 11.0. The summed E-state index contributed by atoms with van der Waals surface area (Å²) < 4.78 is 5.18. The van der Waals surface area contributed by atoms with Crippen LogP contribution in [-0.4, -0.2) is 58.6 Å². The Morgan fingerprint density at radius 3 is 2.96 bits per heavy atom. The number of nitrogens with zero attached hydrogens (tertiary/aromatic N) is 2. The van der Waals surface area contributed by atoms with Crippen molar-refractivity contribution in [2.24, 2.45) is 0 Å². The number of hydrogen-bond acceptors (Lipinski definition) is 6. The van der Waals surface area contributed by atoms with Crippen LogP contribution < -0.4 is 9.64 Å². The fourth-order valence-corrected chi connectivity index (χ4v) is 3.82. The molecular formula is C15H16N2O5S. The number of carboxylic acids is 1. The Bertz CT molecular complexity index is 678. The van der Waals surface area contributed by atoms with Gasteiger partial charge in [0.25, 0.3) is 0 Å². The Morgan fingerprint density at radius 1 is 1.43 bits per heavy atom. The van der Waals surface area contributed by atoms with Crippen molar-refractivity contribution < 1.29 is 24.2 Å². The minimum Gasteiger partial charge on any atom is -0.480 e. The molecule has 0 radical (unpaired) electrons. The maximum atomic E-state index is 12.5. The molecule has 0 bridgehead atoms. The van der Waals surface area contributed by atoms with E-state index >= 15 is 0 Å². The van der Waals surface area contributed by atoms with Gasteiger partial charge in [0.2, 0.25) is 5.91 Å². The number of hydrogen-bond donors (Lipinski definition) is 1. The Morgan fingerprint density at radius 2 is 2.22 bits per heavy atom. The number of rotatable bonds is 3. The molecule has 1 amide bonds. The number of amides is 1. The van der Waals surface area contributed by atoms with Crippen molar-refractivity contribution in [2.45, 2.75) is 13.0 Å². The lowest BCUT2D eigenvalue weighted by atomic mass is 10.1. The summed E-state index contributed by atoms with van der Waals surface area (Å²) in [6.07, 6.45) is 0. The molecule has 122 valence electrons. The summed E-state index contributed by atoms with van der Waals surface area (Å²) >= 11 is 1.41. The van der Waals surface area contributed by atoms with Crippen molar-refractivity contribution in [1.82, 2.24) is 4.90 Å². The van der Waals surface area contributed by atoms with Gasteiger partial charge in [0.05, 0.1) is 18.1 Å². The summed E-state index contributed by atoms with van der Waals surface area (Å²) in [5, 5.41) is 9.18. The predicted octanol–water partition coefficient (Wildman–Crippen LogP) is 0.707. The second kappa shape index (κ2) is 6.11. The topological polar surface area (TPSA) is 87.2 Å². The lowest BCUT2D eigenvalue weighted by molar-refractivity contribution is -0.147. The number of carboxylic acid groups (broad SMARTS) is 1. The predicted molar refractivity (Wildman–Crippen MR) is 84.6 cm³/mol. The summed E-state index contributed by atoms with van der Waals surface area (Å²) in [4.78, 5) is 38.4. The van der Waals surface area contributed by atoms with Crippen LogP contribution in [0, 0.1) is 6.92 Å². The first kappa shape index (κ1) is 15.7. The van der Waals surface area contributed by atoms with Gasteiger partial charge >= 0.3 is 11.9 Å². The third-order valence-electron chi connectivity index (χ3n) is 3.81. The molecule has 0 aromatic heterocycles. The zero-order valence-corrected chi connectivity index (χ0v) is 13.3. The van der Waals surface area contributed by atoms with Crippen LogP contribution in [0.3, 0.4) is 0 Å². The number of benzene rings is 1. The number of ether oxygens (including phenoxy) is 1. The zero-order chi connectivity index (χ0) is 16.6. The zero-order valence-electron chi connectivity index (χ0n) is 12.5. The van der Waals surface area contributed by atoms with Crippen LogP contribution >= 0.6 is 11.8 Å². The minimum absolute atomic E-state index is 0.0269. The summed E-state index contributed by atoms with van der Waals surface area (Å²) in [6.45, 7) is 1.84. The van der Waals surface area contributed by atoms with E-state index in [-0.39, 0.29) is 19.0 Å². The molecule has 1 saturated heterocycles. The highest BCUT2D eigenvalue weighted by Gasteiger charge is 2.36. The number of carbonyl (C=O) groups is 3. The van der Waals surface area contributed by atoms with Crippen LogP contribution in [0.25, 0.3) is 0 Å². The summed E-state index contributed by atoms with van der Waals surface area (Å²) in [7, 11) is 0. The van der Waals surface area contributed by atoms with Crippen molar-refractivity contribution in [3.8, 4) is 5.75 Å². The lowest BCUT2D eigenvalue weighted by Crippen LogP contribution is -2.48. The quantitative estimate of drug-likeness (QED) is 0.642. The average molecular weight is 336 g/mol. The Labute approximate surface area is 137 Å². The highest BCUT2D eigenvalue weighted by Crippen LogP contribution is 2.33. The Balaban J connectivity index is 1.80. The molecule has 1 N–H and O–H groups in total. The van der Waals surface area contributed by atoms with Gasteiger partial charge < -0.3 is 19.6 Å². The largest absolute Gasteiger partial charge is 0.480 e. The first-order valence-corrected chi connectivity index (χ1v) is 8.27. The molecule has 1 atom stereocenters. The number of aliphatic carboxylic acids is 1. The maximum absolute atomic E-state index is 12.5. The van der Waals surface area contributed by atoms with Gasteiger partial charge in [-0.3, -0.25) is 4.79 Å². The standard InChI is InChI=1S/C15H16N2O5S/c1-9-2-3-12-10(4-9)16(6-14(19)22-12)5-13(18)17-8-23-7-11(17)15(20)21/h2-4,11H,5-8H2,1H3,(H,20,21). The van der Waals surface area contributed by atoms with E-state index in [1.165, 1.54) is 16.7 Å². The smallest absolute Gasteiger partial charge is 0.331 e. The van der Waals surface area contributed by atoms with Gasteiger partial charge in [0, 0.05) is 5.75 Å². The molecule has 0 saturated carbocycles. The van der Waals surface area contributed by atoms with E-state index in [0.717, 1.165) is 5.56 Å². The van der Waals surface area contributed by atoms with Crippen LogP contribution in [0.15, 0.2) is 18.2 Å². The number of aryl methyl sites for hydroxylation is 1. The van der Waals surface area contributed by atoms with E-state index in [0.29, 0.717) is 23.1 Å². The van der Waals surface area contributed by atoms with Crippen molar-refractivity contribution >= 4 is 35.3 Å². The summed E-state index contributed by atoms with van der Waals surface area (Å²) in [6, 6.07) is 4.57. The average Bonchev–Trinajstić information content (AvgIpc) is 2.97. The van der Waals surface area contributed by atoms with Gasteiger partial charge in [-0.25, -0.2) is 9.59 Å². The fraction of sp³-hybridized carbons (Fsp3) is 0.400. The van der Waals surface area contributed by atoms with Crippen LogP contribution in [0.5, 0.6) is 5.75 Å². The summed E-state index contributed by atoms with van der Waals surface area (Å²) in [5.74, 6) is -0.569. The van der Waals surface area contributed by atoms with Gasteiger partial charge in [0.15, 0.2) is 5.75 Å². The molecule has 2 aliphatic rings. The number of carbonyl (C=O) groups excluding carboxylic acids is 2. The van der Waals surface area contributed by atoms with E-state index in [2.05, 4.69) is 0 Å². The maximum Gasteiger partial charge on any atom is 0.331 e. The highest BCUT2D eigenvalue weighted by molar-refractivity contribution is 7.99. The minimum atomic E-state index is -1.00. The van der Waals surface area contributed by atoms with Gasteiger partial charge in [-0.1, -0.05) is 6.07 Å². The second-order valence-corrected chi connectivity index (χ2v) is 6.52. The van der Waals surface area contributed by atoms with E-state index in [4.69, 9.17) is 4.74 Å². The van der Waals surface area contributed by atoms with Crippen molar-refractivity contribution in [3.63, 3.8) is 0 Å². The molecule has 8 heteroatoms. The Hall–Kier alpha value is -2.22. The van der Waals surface area contributed by atoms with Crippen LogP contribution in [0.1, 0.15) is 5.56 Å². The normalized spacial score (nSPS) is 20.2. The molecule has 2 heterocycles. The SMILES string of the molecule is Cc1ccc2c(c1)N(CC(=O)N1CSCC1C(=O)O)CC(=O)O2. The molecule has 0 aliphatic carbocycles. The number of fused-ring (bicyclic) bond motifs is 1. The van der Waals surface area contributed by atoms with Gasteiger partial charge in [-0.2, -0.15) is 0 Å². The number of esters is 1. The third kappa shape index (κ3) is 3.12. The van der Waals surface area contributed by atoms with Crippen LogP contribution in [-0.2, 0) is 14.4 Å². The van der Waals surface area contributed by atoms with Gasteiger partial charge in [-0.05, 0) is 24.6 Å². The van der Waals surface area contributed by atoms with E-state index < -0.39 is 18.0 Å². The fourth-order valence-electron chi connectivity index (χ4n) is 2.64. The molecule has 7 nitrogen and oxygen atoms in total. The molecule has 3 rings (SSSR count). The van der Waals surface area contributed by atoms with E-state index in [9.17, 15) is 19.5 Å². The van der Waals surface area contributed by atoms with Crippen LogP contribution in [0.4, 0.5) is 5.69 Å². The lowest BCUT2D eigenvalue weighted by Gasteiger charge is -2.31. The molecule has 0 spiro atoms. The van der Waals surface area contributed by atoms with Gasteiger partial charge in [0.1, 0.15) is 12.6 Å². The van der Waals surface area contributed by atoms with Crippen molar-refractivity contribution in [3.05, 3.63) is 23.8 Å². The second-order valence-electron chi connectivity index (χ2n) is 5.52. The van der Waals surface area contributed by atoms with Crippen LogP contribution in [0.2, 0.25) is 0 Å². The Kier molecular flexibility index (Phi) is 4.16. The highest BCUT2D eigenvalue weighted by atomic mass is 32.2. The molecule has 2 aliphatic heterocycles. The van der Waals surface area contributed by atoms with Crippen molar-refractivity contribution in [2.75, 3.05) is 29.6 Å². The first-order valence-electron chi connectivity index (χ1n) is 7.12. The summed E-state index contributed by atoms with van der Waals surface area (Å²) in [5.41, 5.74) is 1.66. The van der Waals surface area contributed by atoms with Crippen molar-refractivity contribution in [1.29, 1.82) is 0 Å². The molecule has 23 heavy (non-hydrogen) atoms.